The molecule has 0 unspecified atom stereocenters. The third-order valence-electron chi connectivity index (χ3n) is 16.7. The Labute approximate surface area is 635 Å². The van der Waals surface area contributed by atoms with Crippen LogP contribution < -0.4 is 81.1 Å². The minimum atomic E-state index is -6.13. The Morgan fingerprint density at radius 1 is 0.191 bits per heavy atom. The summed E-state index contributed by atoms with van der Waals surface area (Å²) >= 11 is 0. The monoisotopic (exact) mass is 1660 g/mol. The van der Waals surface area contributed by atoms with Crippen LogP contribution in [0.25, 0.3) is 0 Å². The number of alkyl halides is 24. The molecule has 0 heterocycles. The number of hydrogen-bond acceptors (Lipinski definition) is 6. The molecule has 0 aliphatic carbocycles. The Kier molecular flexibility index (Phi) is 34.6. The van der Waals surface area contributed by atoms with Crippen LogP contribution in [0, 0.1) is 0 Å². The maximum absolute atomic E-state index is 14.2. The summed E-state index contributed by atoms with van der Waals surface area (Å²) in [7, 11) is 0. The van der Waals surface area contributed by atoms with Crippen molar-refractivity contribution in [3.63, 3.8) is 0 Å². The molecule has 0 fully saturated rings. The van der Waals surface area contributed by atoms with Gasteiger partial charge >= 0.3 is 66.2 Å². The molecule has 8 nitrogen and oxygen atoms in total. The summed E-state index contributed by atoms with van der Waals surface area (Å²) in [4.78, 5) is 0. The van der Waals surface area contributed by atoms with E-state index in [1.807, 2.05) is 182 Å². The van der Waals surface area contributed by atoms with Gasteiger partial charge < -0.3 is 70.2 Å². The first-order valence-corrected chi connectivity index (χ1v) is 30.8. The van der Waals surface area contributed by atoms with Gasteiger partial charge in [-0.2, -0.15) is 127 Å². The topological polar surface area (TPSA) is 219 Å². The molecule has 0 aliphatic heterocycles. The van der Waals surface area contributed by atoms with Crippen molar-refractivity contribution in [3.8, 4) is 0 Å². The first kappa shape index (κ1) is 97.4. The molecule has 596 valence electrons. The Morgan fingerprint density at radius 3 is 0.382 bits per heavy atom. The molecule has 0 saturated carbocycles. The largest absolute Gasteiger partial charge is 3.00 e. The van der Waals surface area contributed by atoms with Crippen LogP contribution in [0.1, 0.15) is 114 Å². The van der Waals surface area contributed by atoms with E-state index < -0.39 is 195 Å². The summed E-state index contributed by atoms with van der Waals surface area (Å²) in [5, 5.41) is 0. The second-order valence-electron chi connectivity index (χ2n) is 23.8. The van der Waals surface area contributed by atoms with Crippen molar-refractivity contribution >= 4 is 28.0 Å². The van der Waals surface area contributed by atoms with Crippen molar-refractivity contribution in [2.45, 2.75) is 85.7 Å². The third kappa shape index (κ3) is 25.2. The molecule has 0 aromatic heterocycles. The van der Waals surface area contributed by atoms with E-state index in [1.165, 1.54) is 0 Å². The van der Waals surface area contributed by atoms with E-state index in [1.54, 1.807) is 0 Å². The smallest absolute Gasteiger partial charge is 1.00 e. The molecule has 6 atom stereocenters. The van der Waals surface area contributed by atoms with Crippen molar-refractivity contribution in [1.29, 1.82) is 0 Å². The number of halogens is 26. The quantitative estimate of drug-likeness (QED) is 0.0487. The fourth-order valence-corrected chi connectivity index (χ4v) is 11.4. The van der Waals surface area contributed by atoms with Crippen molar-refractivity contribution in [1.82, 2.24) is 0 Å². The van der Waals surface area contributed by atoms with Crippen molar-refractivity contribution in [2.75, 3.05) is 0 Å². The van der Waals surface area contributed by atoms with Crippen molar-refractivity contribution in [2.24, 2.45) is 34.4 Å². The van der Waals surface area contributed by atoms with Crippen LogP contribution in [0.15, 0.2) is 255 Å². The second-order valence-corrected chi connectivity index (χ2v) is 23.8. The van der Waals surface area contributed by atoms with Gasteiger partial charge in [0.2, 0.25) is 0 Å². The molecule has 36 heteroatoms. The van der Waals surface area contributed by atoms with Gasteiger partial charge in [0.15, 0.2) is 0 Å². The van der Waals surface area contributed by atoms with Crippen LogP contribution >= 0.6 is 0 Å². The zero-order valence-electron chi connectivity index (χ0n) is 55.9. The van der Waals surface area contributed by atoms with E-state index in [-0.39, 0.29) is 88.8 Å². The first-order valence-electron chi connectivity index (χ1n) is 30.8. The van der Waals surface area contributed by atoms with E-state index in [0.29, 0.717) is 0 Å². The maximum Gasteiger partial charge on any atom is 3.00 e. The Bertz CT molecular complexity index is 3680. The van der Waals surface area contributed by atoms with Crippen LogP contribution in [0.3, 0.4) is 0 Å². The summed E-state index contributed by atoms with van der Waals surface area (Å²) < 4.78 is 341. The number of benzene rings is 10. The minimum Gasteiger partial charge on any atom is -1.00 e. The summed E-state index contributed by atoms with van der Waals surface area (Å²) in [6, 6.07) is 49.9. The molecule has 0 saturated heterocycles. The predicted molar refractivity (Wildman–Crippen MR) is 358 cm³/mol. The first-order chi connectivity index (χ1) is 48.6. The summed E-state index contributed by atoms with van der Waals surface area (Å²) in [6.45, 7) is 0. The molecule has 0 radical (unpaired) electrons. The Morgan fingerprint density at radius 2 is 0.291 bits per heavy atom. The average Bonchev–Trinajstić information content (AvgIpc) is 0.707. The van der Waals surface area contributed by atoms with Gasteiger partial charge in [-0.15, -0.1) is 0 Å². The predicted octanol–water partition coefficient (Wildman–Crippen LogP) is 10.7. The normalized spacial score (nSPS) is 13.7. The van der Waals surface area contributed by atoms with Crippen LogP contribution in [-0.2, 0) is 66.2 Å². The van der Waals surface area contributed by atoms with Gasteiger partial charge in [0.05, 0.1) is 44.5 Å². The van der Waals surface area contributed by atoms with Gasteiger partial charge in [0.1, 0.15) is 6.15 Å². The average molecular weight is 1670 g/mol. The van der Waals surface area contributed by atoms with Gasteiger partial charge in [-0.1, -0.05) is 231 Å². The zero-order chi connectivity index (χ0) is 78.1. The molecular weight excluding hydrogens is 1600 g/mol. The van der Waals surface area contributed by atoms with E-state index in [4.69, 9.17) is 34.4 Å². The van der Waals surface area contributed by atoms with E-state index >= 15 is 0 Å². The van der Waals surface area contributed by atoms with E-state index in [9.17, 15) is 105 Å². The number of rotatable bonds is 13. The van der Waals surface area contributed by atoms with Gasteiger partial charge in [-0.3, -0.25) is 0 Å². The molecular formula is C74H64BCl2CoF24N6O2. The fourth-order valence-electron chi connectivity index (χ4n) is 11.4. The Hall–Kier alpha value is -8.65. The van der Waals surface area contributed by atoms with Crippen LogP contribution in [0.4, 0.5) is 105 Å². The van der Waals surface area contributed by atoms with Crippen LogP contribution in [0.2, 0.25) is 0 Å². The van der Waals surface area contributed by atoms with Crippen LogP contribution in [0.5, 0.6) is 0 Å². The standard InChI is InChI=1S/C32H12BF24.3C14H16N2.2ClH.Co.2H2O/c34-25(35,36)13-1-14(26(37,38)39)6-21(5-13)33(22-7-15(27(40,41)42)2-16(8-22)28(43,44)45,23-9-17(29(46,47)48)3-18(10-23)30(49,50)51)24-11-19(31(52,53)54)4-20(12-24)32(55,56)57;3*15-13(11-7-3-1-4-8-11)14(16)12-9-5-2-6-10-12;;;;;/h1-12H;3*1-10,13-14H,15-16H2;2*1H;;2*1H2/q-1;;;;;;+3;;/p-2/t;3*13-,14-;;;;;/m.000...../s1. The maximum atomic E-state index is 14.2. The SMILES string of the molecule is FC(F)(F)c1cc([B-](c2cc(C(F)(F)F)cc(C(F)(F)F)c2)(c2cc(C(F)(F)F)cc(C(F)(F)F)c2)c2cc(C(F)(F)F)cc(C(F)(F)F)c2)cc(C(F)(F)F)c1.N[C@@H](c1ccccc1)[C@@H](N)c1ccccc1.N[C@@H](c1ccccc1)[C@@H](N)c1ccccc1.N[C@@H](c1ccccc1)[C@@H](N)c1ccccc1.O.O.[Cl-].[Cl-].[Co+3]. The van der Waals surface area contributed by atoms with Gasteiger partial charge in [-0.25, -0.2) is 0 Å². The van der Waals surface area contributed by atoms with E-state index in [2.05, 4.69) is 0 Å². The second kappa shape index (κ2) is 39.0. The molecule has 16 N–H and O–H groups in total. The third-order valence-corrected chi connectivity index (χ3v) is 16.7. The van der Waals surface area contributed by atoms with Gasteiger partial charge in [-0.05, 0) is 57.6 Å². The molecule has 10 aromatic carbocycles. The molecule has 110 heavy (non-hydrogen) atoms. The molecule has 0 amide bonds. The minimum absolute atomic E-state index is 0. The summed E-state index contributed by atoms with van der Waals surface area (Å²) in [5.41, 5.74) is 13.1. The summed E-state index contributed by atoms with van der Waals surface area (Å²) in [5.74, 6) is 0. The molecule has 0 aliphatic rings. The number of nitrogens with two attached hydrogens (primary N) is 6. The Balaban J connectivity index is 0.000000620. The van der Waals surface area contributed by atoms with Crippen LogP contribution in [-0.4, -0.2) is 17.1 Å². The van der Waals surface area contributed by atoms with Gasteiger partial charge in [0.25, 0.3) is 0 Å². The fraction of sp³-hybridized carbons (Fsp3) is 0.189. The van der Waals surface area contributed by atoms with Crippen molar-refractivity contribution < 1.29 is 158 Å². The van der Waals surface area contributed by atoms with Crippen molar-refractivity contribution in [3.05, 3.63) is 333 Å². The number of hydrogen-bond donors (Lipinski definition) is 6. The summed E-state index contributed by atoms with van der Waals surface area (Å²) in [6.07, 6.45) is -54.8. The van der Waals surface area contributed by atoms with Gasteiger partial charge in [0, 0.05) is 36.3 Å². The zero-order valence-corrected chi connectivity index (χ0v) is 58.5. The molecule has 10 rings (SSSR count). The molecule has 0 spiro atoms. The molecule has 0 bridgehead atoms. The van der Waals surface area contributed by atoms with E-state index in [0.717, 1.165) is 33.4 Å². The molecule has 10 aromatic rings.